The van der Waals surface area contributed by atoms with Crippen molar-refractivity contribution < 1.29 is 23.9 Å². The van der Waals surface area contributed by atoms with E-state index in [9.17, 15) is 14.4 Å². The van der Waals surface area contributed by atoms with Crippen LogP contribution in [0.2, 0.25) is 0 Å². The second-order valence-corrected chi connectivity index (χ2v) is 8.21. The number of benzene rings is 1. The van der Waals surface area contributed by atoms with Gasteiger partial charge in [0.1, 0.15) is 0 Å². The largest absolute Gasteiger partial charge is 0.462 e. The minimum absolute atomic E-state index is 0.00353. The van der Waals surface area contributed by atoms with Crippen LogP contribution in [0.1, 0.15) is 37.0 Å². The molecular formula is C23H26O5. The number of ether oxygens (including phenoxy) is 2. The van der Waals surface area contributed by atoms with Gasteiger partial charge in [0.2, 0.25) is 0 Å². The Kier molecular flexibility index (Phi) is 5.09. The van der Waals surface area contributed by atoms with E-state index in [1.54, 1.807) is 24.3 Å². The van der Waals surface area contributed by atoms with Crippen molar-refractivity contribution in [3.05, 3.63) is 48.0 Å². The maximum atomic E-state index is 12.9. The second kappa shape index (κ2) is 7.53. The molecule has 5 heteroatoms. The molecule has 4 aliphatic carbocycles. The van der Waals surface area contributed by atoms with Gasteiger partial charge in [0.05, 0.1) is 17.9 Å². The van der Waals surface area contributed by atoms with Crippen molar-refractivity contribution >= 4 is 17.7 Å². The van der Waals surface area contributed by atoms with E-state index in [2.05, 4.69) is 12.2 Å². The molecule has 1 aromatic rings. The summed E-state index contributed by atoms with van der Waals surface area (Å²) in [7, 11) is 0. The molecule has 7 atom stereocenters. The maximum absolute atomic E-state index is 12.9. The van der Waals surface area contributed by atoms with E-state index in [0.29, 0.717) is 17.4 Å². The van der Waals surface area contributed by atoms with Crippen LogP contribution in [-0.4, -0.2) is 30.4 Å². The molecule has 4 aliphatic rings. The minimum atomic E-state index is -0.557. The molecule has 2 fully saturated rings. The zero-order chi connectivity index (χ0) is 19.8. The fourth-order valence-electron chi connectivity index (χ4n) is 4.82. The van der Waals surface area contributed by atoms with Crippen LogP contribution in [-0.2, 0) is 19.1 Å². The lowest BCUT2D eigenvalue weighted by Crippen LogP contribution is -2.48. The van der Waals surface area contributed by atoms with Crippen LogP contribution >= 0.6 is 0 Å². The predicted octanol–water partition coefficient (Wildman–Crippen LogP) is 3.44. The molecule has 0 heterocycles. The summed E-state index contributed by atoms with van der Waals surface area (Å²) < 4.78 is 11.0. The molecule has 5 nitrogen and oxygen atoms in total. The summed E-state index contributed by atoms with van der Waals surface area (Å²) in [5.74, 6) is -1.11. The lowest BCUT2D eigenvalue weighted by molar-refractivity contribution is -0.170. The first-order valence-corrected chi connectivity index (χ1v) is 10.1. The quantitative estimate of drug-likeness (QED) is 0.410. The average molecular weight is 382 g/mol. The molecular weight excluding hydrogens is 356 g/mol. The van der Waals surface area contributed by atoms with Crippen LogP contribution in [0.5, 0.6) is 0 Å². The van der Waals surface area contributed by atoms with Gasteiger partial charge in [-0.05, 0) is 43.4 Å². The third-order valence-electron chi connectivity index (χ3n) is 6.53. The number of rotatable bonds is 7. The number of esters is 2. The number of hydrogen-bond acceptors (Lipinski definition) is 5. The van der Waals surface area contributed by atoms with Crippen molar-refractivity contribution in [3.8, 4) is 0 Å². The molecule has 28 heavy (non-hydrogen) atoms. The van der Waals surface area contributed by atoms with E-state index >= 15 is 0 Å². The van der Waals surface area contributed by atoms with Crippen LogP contribution in [0.25, 0.3) is 0 Å². The summed E-state index contributed by atoms with van der Waals surface area (Å²) in [6, 6.07) is 8.76. The summed E-state index contributed by atoms with van der Waals surface area (Å²) in [6.45, 7) is 3.52. The Hall–Kier alpha value is -2.43. The van der Waals surface area contributed by atoms with Gasteiger partial charge in [0.25, 0.3) is 0 Å². The first-order valence-electron chi connectivity index (χ1n) is 10.1. The molecule has 1 aromatic carbocycles. The summed E-state index contributed by atoms with van der Waals surface area (Å²) >= 11 is 0. The molecule has 0 spiro atoms. The number of carbonyl (C=O) groups excluding carboxylic acids is 3. The van der Waals surface area contributed by atoms with Gasteiger partial charge in [-0.15, -0.1) is 0 Å². The molecule has 148 valence electrons. The highest BCUT2D eigenvalue weighted by molar-refractivity contribution is 5.98. The van der Waals surface area contributed by atoms with Crippen molar-refractivity contribution in [3.63, 3.8) is 0 Å². The summed E-state index contributed by atoms with van der Waals surface area (Å²) in [4.78, 5) is 38.1. The SMILES string of the molecule is CC[C@H](C)OC(=O)[C@H]1[C@@H]2C=C[C@H]([C@H]3C[C@H]23)[C@@H]1C(=O)OCC(=O)c1ccccc1. The second-order valence-electron chi connectivity index (χ2n) is 8.21. The maximum Gasteiger partial charge on any atom is 0.310 e. The smallest absolute Gasteiger partial charge is 0.310 e. The predicted molar refractivity (Wildman–Crippen MR) is 102 cm³/mol. The lowest BCUT2D eigenvalue weighted by Gasteiger charge is -2.42. The number of hydrogen-bond donors (Lipinski definition) is 0. The highest BCUT2D eigenvalue weighted by Crippen LogP contribution is 2.63. The van der Waals surface area contributed by atoms with Gasteiger partial charge in [-0.1, -0.05) is 49.4 Å². The Balaban J connectivity index is 1.47. The van der Waals surface area contributed by atoms with Crippen LogP contribution < -0.4 is 0 Å². The number of carbonyl (C=O) groups is 3. The highest BCUT2D eigenvalue weighted by Gasteiger charge is 2.63. The highest BCUT2D eigenvalue weighted by atomic mass is 16.5. The Morgan fingerprint density at radius 1 is 1.00 bits per heavy atom. The van der Waals surface area contributed by atoms with E-state index in [0.717, 1.165) is 12.8 Å². The third-order valence-corrected chi connectivity index (χ3v) is 6.53. The van der Waals surface area contributed by atoms with Crippen LogP contribution in [0.3, 0.4) is 0 Å². The van der Waals surface area contributed by atoms with Crippen molar-refractivity contribution in [1.82, 2.24) is 0 Å². The Morgan fingerprint density at radius 3 is 2.21 bits per heavy atom. The van der Waals surface area contributed by atoms with Gasteiger partial charge < -0.3 is 9.47 Å². The molecule has 2 saturated carbocycles. The monoisotopic (exact) mass is 382 g/mol. The van der Waals surface area contributed by atoms with Crippen molar-refractivity contribution in [1.29, 1.82) is 0 Å². The van der Waals surface area contributed by atoms with Gasteiger partial charge in [0, 0.05) is 5.56 Å². The number of fused-ring (bicyclic) bond motifs is 1. The van der Waals surface area contributed by atoms with Gasteiger partial charge in [0.15, 0.2) is 12.4 Å². The fourth-order valence-corrected chi connectivity index (χ4v) is 4.82. The molecule has 0 aliphatic heterocycles. The summed E-state index contributed by atoms with van der Waals surface area (Å²) in [5.41, 5.74) is 0.510. The van der Waals surface area contributed by atoms with Crippen LogP contribution in [0.15, 0.2) is 42.5 Å². The zero-order valence-electron chi connectivity index (χ0n) is 16.2. The van der Waals surface area contributed by atoms with E-state index in [4.69, 9.17) is 9.47 Å². The molecule has 0 unspecified atom stereocenters. The van der Waals surface area contributed by atoms with Gasteiger partial charge >= 0.3 is 11.9 Å². The number of allylic oxidation sites excluding steroid dienone is 2. The van der Waals surface area contributed by atoms with Crippen LogP contribution in [0, 0.1) is 35.5 Å². The number of Topliss-reactive ketones (excluding diaryl/α,β-unsaturated/α-hetero) is 1. The van der Waals surface area contributed by atoms with Crippen LogP contribution in [0.4, 0.5) is 0 Å². The van der Waals surface area contributed by atoms with Crippen molar-refractivity contribution in [2.45, 2.75) is 32.8 Å². The zero-order valence-corrected chi connectivity index (χ0v) is 16.2. The lowest BCUT2D eigenvalue weighted by atomic mass is 9.62. The van der Waals surface area contributed by atoms with Crippen molar-refractivity contribution in [2.24, 2.45) is 35.5 Å². The minimum Gasteiger partial charge on any atom is -0.462 e. The number of ketones is 1. The molecule has 0 N–H and O–H groups in total. The summed E-state index contributed by atoms with van der Waals surface area (Å²) in [6.07, 6.45) is 5.75. The average Bonchev–Trinajstić information content (AvgIpc) is 3.54. The first-order chi connectivity index (χ1) is 13.5. The molecule has 0 aromatic heterocycles. The molecule has 5 rings (SSSR count). The Bertz CT molecular complexity index is 798. The van der Waals surface area contributed by atoms with E-state index in [-0.39, 0.29) is 36.3 Å². The van der Waals surface area contributed by atoms with E-state index in [1.807, 2.05) is 19.9 Å². The fraction of sp³-hybridized carbons (Fsp3) is 0.522. The molecule has 0 saturated heterocycles. The molecule has 0 radical (unpaired) electrons. The van der Waals surface area contributed by atoms with Gasteiger partial charge in [-0.25, -0.2) is 0 Å². The third kappa shape index (κ3) is 3.38. The van der Waals surface area contributed by atoms with E-state index < -0.39 is 17.8 Å². The van der Waals surface area contributed by atoms with Gasteiger partial charge in [-0.2, -0.15) is 0 Å². The Labute approximate surface area is 165 Å². The topological polar surface area (TPSA) is 69.7 Å². The molecule has 0 amide bonds. The standard InChI is InChI=1S/C23H26O5/c1-3-13(2)28-23(26)21-16-10-9-15(17-11-18(16)17)20(21)22(25)27-12-19(24)14-7-5-4-6-8-14/h4-10,13,15-18,20-21H,3,11-12H2,1-2H3/t13-,15+,16+,17+,18+,20-,21-/m0/s1. The van der Waals surface area contributed by atoms with Gasteiger partial charge in [-0.3, -0.25) is 14.4 Å². The Morgan fingerprint density at radius 2 is 1.61 bits per heavy atom. The van der Waals surface area contributed by atoms with E-state index in [1.165, 1.54) is 0 Å². The van der Waals surface area contributed by atoms with Crippen molar-refractivity contribution in [2.75, 3.05) is 6.61 Å². The summed E-state index contributed by atoms with van der Waals surface area (Å²) in [5, 5.41) is 0. The normalized spacial score (nSPS) is 32.9. The first kappa shape index (κ1) is 18.9. The molecule has 2 bridgehead atoms.